The van der Waals surface area contributed by atoms with Crippen LogP contribution in [0, 0.1) is 0 Å². The van der Waals surface area contributed by atoms with Gasteiger partial charge in [0.1, 0.15) is 0 Å². The monoisotopic (exact) mass is 161 g/mol. The van der Waals surface area contributed by atoms with Crippen LogP contribution in [0.25, 0.3) is 0 Å². The predicted octanol–water partition coefficient (Wildman–Crippen LogP) is 0.461. The second-order valence-electron chi connectivity index (χ2n) is 2.80. The third-order valence-electron chi connectivity index (χ3n) is 2.18. The summed E-state index contributed by atoms with van der Waals surface area (Å²) in [5.74, 6) is 0. The van der Waals surface area contributed by atoms with E-state index in [1.165, 1.54) is 0 Å². The standard InChI is InChI=1S/C7H15NOS/c1-8-5-3-6(9)7(4-5)10-2/h5-9H,3-4H2,1-2H3/t5-,6-,7-/m0/s1. The smallest absolute Gasteiger partial charge is 0.0674 e. The van der Waals surface area contributed by atoms with Crippen LogP contribution in [0.5, 0.6) is 0 Å². The van der Waals surface area contributed by atoms with Crippen LogP contribution in [-0.2, 0) is 0 Å². The number of aliphatic hydroxyl groups is 1. The molecule has 3 atom stereocenters. The molecule has 1 aliphatic carbocycles. The van der Waals surface area contributed by atoms with Gasteiger partial charge in [-0.2, -0.15) is 11.8 Å². The molecule has 0 amide bonds. The fourth-order valence-electron chi connectivity index (χ4n) is 1.47. The fourth-order valence-corrected chi connectivity index (χ4v) is 2.32. The number of rotatable bonds is 2. The number of hydrogen-bond acceptors (Lipinski definition) is 3. The van der Waals surface area contributed by atoms with Gasteiger partial charge in [0, 0.05) is 11.3 Å². The molecule has 2 nitrogen and oxygen atoms in total. The summed E-state index contributed by atoms with van der Waals surface area (Å²) in [5, 5.41) is 13.1. The van der Waals surface area contributed by atoms with Crippen LogP contribution < -0.4 is 5.32 Å². The summed E-state index contributed by atoms with van der Waals surface area (Å²) in [6.07, 6.45) is 4.00. The van der Waals surface area contributed by atoms with Gasteiger partial charge in [-0.3, -0.25) is 0 Å². The highest BCUT2D eigenvalue weighted by molar-refractivity contribution is 7.99. The molecule has 1 aliphatic rings. The van der Waals surface area contributed by atoms with Crippen LogP contribution in [0.1, 0.15) is 12.8 Å². The highest BCUT2D eigenvalue weighted by Crippen LogP contribution is 2.28. The topological polar surface area (TPSA) is 32.3 Å². The Morgan fingerprint density at radius 2 is 2.20 bits per heavy atom. The molecule has 0 aromatic heterocycles. The van der Waals surface area contributed by atoms with E-state index in [-0.39, 0.29) is 6.10 Å². The molecule has 0 aromatic carbocycles. The zero-order chi connectivity index (χ0) is 7.56. The molecular weight excluding hydrogens is 146 g/mol. The lowest BCUT2D eigenvalue weighted by molar-refractivity contribution is 0.185. The third-order valence-corrected chi connectivity index (χ3v) is 3.30. The van der Waals surface area contributed by atoms with Crippen LogP contribution in [0.3, 0.4) is 0 Å². The molecule has 10 heavy (non-hydrogen) atoms. The Bertz CT molecular complexity index is 110. The highest BCUT2D eigenvalue weighted by atomic mass is 32.2. The van der Waals surface area contributed by atoms with Crippen molar-refractivity contribution in [3.63, 3.8) is 0 Å². The summed E-state index contributed by atoms with van der Waals surface area (Å²) < 4.78 is 0. The zero-order valence-corrected chi connectivity index (χ0v) is 7.32. The van der Waals surface area contributed by atoms with Crippen molar-refractivity contribution < 1.29 is 5.11 Å². The molecule has 3 heteroatoms. The van der Waals surface area contributed by atoms with Gasteiger partial charge in [0.2, 0.25) is 0 Å². The van der Waals surface area contributed by atoms with E-state index in [9.17, 15) is 5.11 Å². The largest absolute Gasteiger partial charge is 0.392 e. The second kappa shape index (κ2) is 3.60. The first kappa shape index (κ1) is 8.37. The molecule has 0 saturated heterocycles. The fraction of sp³-hybridized carbons (Fsp3) is 1.00. The van der Waals surface area contributed by atoms with E-state index in [0.29, 0.717) is 11.3 Å². The van der Waals surface area contributed by atoms with E-state index in [1.807, 2.05) is 7.05 Å². The van der Waals surface area contributed by atoms with Gasteiger partial charge in [-0.1, -0.05) is 0 Å². The Labute approximate surface area is 66.4 Å². The Kier molecular flexibility index (Phi) is 3.01. The minimum absolute atomic E-state index is 0.0903. The first-order valence-electron chi connectivity index (χ1n) is 3.66. The molecule has 1 fully saturated rings. The maximum absolute atomic E-state index is 9.43. The second-order valence-corrected chi connectivity index (χ2v) is 3.88. The molecule has 0 heterocycles. The average molecular weight is 161 g/mol. The lowest BCUT2D eigenvalue weighted by Crippen LogP contribution is -2.21. The van der Waals surface area contributed by atoms with E-state index < -0.39 is 0 Å². The van der Waals surface area contributed by atoms with Crippen LogP contribution in [-0.4, -0.2) is 35.8 Å². The first-order valence-corrected chi connectivity index (χ1v) is 4.95. The van der Waals surface area contributed by atoms with E-state index >= 15 is 0 Å². The summed E-state index contributed by atoms with van der Waals surface area (Å²) in [5.41, 5.74) is 0. The van der Waals surface area contributed by atoms with E-state index in [1.54, 1.807) is 11.8 Å². The quantitative estimate of drug-likeness (QED) is 0.617. The maximum atomic E-state index is 9.43. The minimum atomic E-state index is -0.0903. The van der Waals surface area contributed by atoms with Gasteiger partial charge < -0.3 is 10.4 Å². The summed E-state index contributed by atoms with van der Waals surface area (Å²) in [7, 11) is 1.96. The van der Waals surface area contributed by atoms with Crippen molar-refractivity contribution in [2.45, 2.75) is 30.2 Å². The van der Waals surface area contributed by atoms with E-state index in [2.05, 4.69) is 11.6 Å². The van der Waals surface area contributed by atoms with Crippen molar-refractivity contribution in [2.24, 2.45) is 0 Å². The maximum Gasteiger partial charge on any atom is 0.0674 e. The van der Waals surface area contributed by atoms with Gasteiger partial charge >= 0.3 is 0 Å². The first-order chi connectivity index (χ1) is 4.77. The molecule has 0 radical (unpaired) electrons. The molecule has 0 aromatic rings. The van der Waals surface area contributed by atoms with Crippen molar-refractivity contribution in [1.82, 2.24) is 5.32 Å². The predicted molar refractivity (Wildman–Crippen MR) is 45.4 cm³/mol. The van der Waals surface area contributed by atoms with Crippen molar-refractivity contribution in [3.05, 3.63) is 0 Å². The van der Waals surface area contributed by atoms with Crippen molar-refractivity contribution >= 4 is 11.8 Å². The van der Waals surface area contributed by atoms with Crippen molar-refractivity contribution in [3.8, 4) is 0 Å². The molecule has 1 rings (SSSR count). The zero-order valence-electron chi connectivity index (χ0n) is 6.50. The Morgan fingerprint density at radius 1 is 1.50 bits per heavy atom. The number of thioether (sulfide) groups is 1. The Morgan fingerprint density at radius 3 is 2.50 bits per heavy atom. The summed E-state index contributed by atoms with van der Waals surface area (Å²) in [4.78, 5) is 0. The van der Waals surface area contributed by atoms with Gasteiger partial charge in [0.25, 0.3) is 0 Å². The third kappa shape index (κ3) is 1.65. The molecule has 60 valence electrons. The molecule has 0 unspecified atom stereocenters. The molecule has 0 spiro atoms. The van der Waals surface area contributed by atoms with E-state index in [0.717, 1.165) is 12.8 Å². The summed E-state index contributed by atoms with van der Waals surface area (Å²) >= 11 is 1.77. The number of aliphatic hydroxyl groups excluding tert-OH is 1. The van der Waals surface area contributed by atoms with Crippen LogP contribution >= 0.6 is 11.8 Å². The van der Waals surface area contributed by atoms with Gasteiger partial charge in [-0.25, -0.2) is 0 Å². The van der Waals surface area contributed by atoms with Gasteiger partial charge in [-0.15, -0.1) is 0 Å². The van der Waals surface area contributed by atoms with Crippen LogP contribution in [0.2, 0.25) is 0 Å². The van der Waals surface area contributed by atoms with Crippen LogP contribution in [0.15, 0.2) is 0 Å². The van der Waals surface area contributed by atoms with E-state index in [4.69, 9.17) is 0 Å². The molecule has 1 saturated carbocycles. The molecule has 0 bridgehead atoms. The Hall–Kier alpha value is 0.270. The lowest BCUT2D eigenvalue weighted by atomic mass is 10.2. The summed E-state index contributed by atoms with van der Waals surface area (Å²) in [6, 6.07) is 0.535. The molecule has 2 N–H and O–H groups in total. The van der Waals surface area contributed by atoms with Gasteiger partial charge in [0.05, 0.1) is 6.10 Å². The van der Waals surface area contributed by atoms with Crippen molar-refractivity contribution in [1.29, 1.82) is 0 Å². The Balaban J connectivity index is 2.36. The minimum Gasteiger partial charge on any atom is -0.392 e. The number of hydrogen-bond donors (Lipinski definition) is 2. The summed E-state index contributed by atoms with van der Waals surface area (Å²) in [6.45, 7) is 0. The highest BCUT2D eigenvalue weighted by Gasteiger charge is 2.30. The molecular formula is C7H15NOS. The lowest BCUT2D eigenvalue weighted by Gasteiger charge is -2.08. The molecule has 0 aliphatic heterocycles. The van der Waals surface area contributed by atoms with Crippen LogP contribution in [0.4, 0.5) is 0 Å². The number of nitrogens with one attached hydrogen (secondary N) is 1. The van der Waals surface area contributed by atoms with Gasteiger partial charge in [0.15, 0.2) is 0 Å². The van der Waals surface area contributed by atoms with Gasteiger partial charge in [-0.05, 0) is 26.1 Å². The van der Waals surface area contributed by atoms with Crippen molar-refractivity contribution in [2.75, 3.05) is 13.3 Å². The SMILES string of the molecule is CN[C@@H]1C[C@H](SC)[C@@H](O)C1. The average Bonchev–Trinajstić information content (AvgIpc) is 2.30. The normalized spacial score (nSPS) is 40.5.